The second-order valence-electron chi connectivity index (χ2n) is 6.87. The molecule has 7 nitrogen and oxygen atoms in total. The number of carbonyl (C=O) groups is 1. The summed E-state index contributed by atoms with van der Waals surface area (Å²) in [5.74, 6) is 0.475. The smallest absolute Gasteiger partial charge is 0.393 e. The van der Waals surface area contributed by atoms with Crippen molar-refractivity contribution in [1.29, 1.82) is 0 Å². The van der Waals surface area contributed by atoms with Gasteiger partial charge in [-0.05, 0) is 24.3 Å². The number of nitrogens with one attached hydrogen (secondary N) is 1. The van der Waals surface area contributed by atoms with Crippen LogP contribution in [0, 0.1) is 0 Å². The third-order valence-electron chi connectivity index (χ3n) is 4.79. The molecular formula is C19H19Cl2F3N4O3. The van der Waals surface area contributed by atoms with Crippen molar-refractivity contribution >= 4 is 40.7 Å². The number of alkyl halides is 3. The molecule has 2 aromatic rings. The van der Waals surface area contributed by atoms with Crippen LogP contribution in [0.15, 0.2) is 30.5 Å². The second-order valence-corrected chi connectivity index (χ2v) is 7.68. The summed E-state index contributed by atoms with van der Waals surface area (Å²) >= 11 is 11.8. The highest BCUT2D eigenvalue weighted by Gasteiger charge is 2.33. The molecule has 2 heterocycles. The number of hydrogen-bond donors (Lipinski definition) is 3. The van der Waals surface area contributed by atoms with Crippen LogP contribution in [0.3, 0.4) is 0 Å². The number of carbonyl (C=O) groups excluding carboxylic acids is 1. The molecule has 0 aliphatic carbocycles. The minimum absolute atomic E-state index is 0.00750. The van der Waals surface area contributed by atoms with Crippen molar-refractivity contribution in [3.05, 3.63) is 51.6 Å². The molecule has 3 rings (SSSR count). The molecule has 1 atom stereocenters. The fourth-order valence-electron chi connectivity index (χ4n) is 3.11. The fraction of sp³-hybridized carbons (Fsp3) is 0.368. The molecule has 2 amide bonds. The monoisotopic (exact) mass is 478 g/mol. The van der Waals surface area contributed by atoms with E-state index < -0.39 is 35.5 Å². The van der Waals surface area contributed by atoms with E-state index in [0.29, 0.717) is 42.6 Å². The summed E-state index contributed by atoms with van der Waals surface area (Å²) in [6, 6.07) is 4.17. The van der Waals surface area contributed by atoms with Crippen LogP contribution in [-0.2, 0) is 6.18 Å². The summed E-state index contributed by atoms with van der Waals surface area (Å²) in [5, 5.41) is 21.0. The third kappa shape index (κ3) is 5.51. The average Bonchev–Trinajstić information content (AvgIpc) is 2.73. The van der Waals surface area contributed by atoms with E-state index in [2.05, 4.69) is 10.3 Å². The van der Waals surface area contributed by atoms with E-state index in [-0.39, 0.29) is 5.69 Å². The molecule has 0 radical (unpaired) electrons. The zero-order valence-electron chi connectivity index (χ0n) is 16.0. The molecule has 168 valence electrons. The first-order chi connectivity index (χ1) is 14.6. The molecule has 12 heteroatoms. The molecule has 1 aliphatic rings. The third-order valence-corrected chi connectivity index (χ3v) is 5.40. The summed E-state index contributed by atoms with van der Waals surface area (Å²) in [5.41, 5.74) is -0.644. The maximum absolute atomic E-state index is 13.0. The van der Waals surface area contributed by atoms with Crippen LogP contribution in [0.25, 0.3) is 0 Å². The largest absolute Gasteiger partial charge is 0.417 e. The normalized spacial score (nSPS) is 15.7. The molecule has 1 fully saturated rings. The van der Waals surface area contributed by atoms with Crippen LogP contribution in [0.2, 0.25) is 10.0 Å². The number of halogens is 5. The van der Waals surface area contributed by atoms with Crippen LogP contribution in [-0.4, -0.2) is 58.9 Å². The highest BCUT2D eigenvalue weighted by molar-refractivity contribution is 6.33. The van der Waals surface area contributed by atoms with E-state index in [1.807, 2.05) is 4.90 Å². The maximum Gasteiger partial charge on any atom is 0.417 e. The van der Waals surface area contributed by atoms with Crippen molar-refractivity contribution in [3.63, 3.8) is 0 Å². The lowest BCUT2D eigenvalue weighted by molar-refractivity contribution is -0.137. The highest BCUT2D eigenvalue weighted by atomic mass is 35.5. The van der Waals surface area contributed by atoms with Gasteiger partial charge in [0, 0.05) is 43.6 Å². The Morgan fingerprint density at radius 2 is 1.84 bits per heavy atom. The molecule has 31 heavy (non-hydrogen) atoms. The standard InChI is InChI=1S/C19H19Cl2F3N4O3/c20-14-2-1-12(8-13(14)19(22,23)24)26-18(31)28-5-3-27(4-6-28)17-15(21)7-11(9-25-17)16(30)10-29/h1-2,7-9,16,29-30H,3-6,10H2,(H,26,31). The summed E-state index contributed by atoms with van der Waals surface area (Å²) < 4.78 is 39.0. The van der Waals surface area contributed by atoms with Gasteiger partial charge >= 0.3 is 12.2 Å². The number of pyridine rings is 1. The maximum atomic E-state index is 13.0. The van der Waals surface area contributed by atoms with Crippen molar-refractivity contribution in [3.8, 4) is 0 Å². The lowest BCUT2D eigenvalue weighted by atomic mass is 10.1. The van der Waals surface area contributed by atoms with Gasteiger partial charge in [-0.25, -0.2) is 9.78 Å². The van der Waals surface area contributed by atoms with Crippen LogP contribution >= 0.6 is 23.2 Å². The fourth-order valence-corrected chi connectivity index (χ4v) is 3.63. The number of nitrogens with zero attached hydrogens (tertiary/aromatic N) is 3. The van der Waals surface area contributed by atoms with E-state index in [1.54, 1.807) is 0 Å². The van der Waals surface area contributed by atoms with Gasteiger partial charge in [-0.2, -0.15) is 13.2 Å². The molecule has 1 aliphatic heterocycles. The minimum atomic E-state index is -4.63. The Bertz CT molecular complexity index is 953. The first kappa shape index (κ1) is 23.4. The number of hydrogen-bond acceptors (Lipinski definition) is 5. The van der Waals surface area contributed by atoms with Crippen molar-refractivity contribution in [2.24, 2.45) is 0 Å². The number of rotatable bonds is 4. The number of aliphatic hydroxyl groups excluding tert-OH is 2. The highest BCUT2D eigenvalue weighted by Crippen LogP contribution is 2.36. The minimum Gasteiger partial charge on any atom is -0.393 e. The predicted octanol–water partition coefficient (Wildman–Crippen LogP) is 3.79. The number of amides is 2. The van der Waals surface area contributed by atoms with Crippen LogP contribution in [0.1, 0.15) is 17.2 Å². The van der Waals surface area contributed by atoms with E-state index >= 15 is 0 Å². The van der Waals surface area contributed by atoms with E-state index in [1.165, 1.54) is 23.2 Å². The first-order valence-corrected chi connectivity index (χ1v) is 9.97. The molecule has 1 aromatic carbocycles. The topological polar surface area (TPSA) is 88.9 Å². The van der Waals surface area contributed by atoms with Gasteiger partial charge in [-0.3, -0.25) is 0 Å². The van der Waals surface area contributed by atoms with Crippen molar-refractivity contribution in [1.82, 2.24) is 9.88 Å². The van der Waals surface area contributed by atoms with Gasteiger partial charge < -0.3 is 25.3 Å². The summed E-state index contributed by atoms with van der Waals surface area (Å²) in [4.78, 5) is 20.0. The van der Waals surface area contributed by atoms with Gasteiger partial charge in [0.15, 0.2) is 0 Å². The number of anilines is 2. The molecule has 1 aromatic heterocycles. The molecule has 3 N–H and O–H groups in total. The van der Waals surface area contributed by atoms with Gasteiger partial charge in [0.2, 0.25) is 0 Å². The van der Waals surface area contributed by atoms with E-state index in [0.717, 1.165) is 12.1 Å². The molecule has 0 saturated carbocycles. The van der Waals surface area contributed by atoms with Gasteiger partial charge in [-0.1, -0.05) is 23.2 Å². The van der Waals surface area contributed by atoms with Crippen molar-refractivity contribution in [2.75, 3.05) is 43.0 Å². The summed E-state index contributed by atoms with van der Waals surface area (Å²) in [7, 11) is 0. The van der Waals surface area contributed by atoms with Gasteiger partial charge in [-0.15, -0.1) is 0 Å². The van der Waals surface area contributed by atoms with E-state index in [4.69, 9.17) is 28.3 Å². The summed E-state index contributed by atoms with van der Waals surface area (Å²) in [6.07, 6.45) is -4.29. The quantitative estimate of drug-likeness (QED) is 0.621. The Morgan fingerprint density at radius 1 is 1.16 bits per heavy atom. The Hall–Kier alpha value is -2.27. The molecule has 1 unspecified atom stereocenters. The Balaban J connectivity index is 1.62. The zero-order valence-corrected chi connectivity index (χ0v) is 17.5. The van der Waals surface area contributed by atoms with Crippen LogP contribution in [0.5, 0.6) is 0 Å². The molecule has 1 saturated heterocycles. The van der Waals surface area contributed by atoms with Gasteiger partial charge in [0.05, 0.1) is 22.2 Å². The number of piperazine rings is 1. The molecule has 0 spiro atoms. The Kier molecular flexibility index (Phi) is 7.15. The molecule has 0 bridgehead atoms. The number of aromatic nitrogens is 1. The number of urea groups is 1. The van der Waals surface area contributed by atoms with Gasteiger partial charge in [0.25, 0.3) is 0 Å². The first-order valence-electron chi connectivity index (χ1n) is 9.22. The molecular weight excluding hydrogens is 460 g/mol. The van der Waals surface area contributed by atoms with Crippen molar-refractivity contribution in [2.45, 2.75) is 12.3 Å². The zero-order chi connectivity index (χ0) is 22.8. The number of benzene rings is 1. The number of aliphatic hydroxyl groups is 2. The Labute approximate surface area is 186 Å². The lowest BCUT2D eigenvalue weighted by Crippen LogP contribution is -2.50. The lowest BCUT2D eigenvalue weighted by Gasteiger charge is -2.35. The van der Waals surface area contributed by atoms with Crippen LogP contribution in [0.4, 0.5) is 29.5 Å². The van der Waals surface area contributed by atoms with Gasteiger partial charge in [0.1, 0.15) is 11.9 Å². The second kappa shape index (κ2) is 9.47. The SMILES string of the molecule is O=C(Nc1ccc(Cl)c(C(F)(F)F)c1)N1CCN(c2ncc(C(O)CO)cc2Cl)CC1. The van der Waals surface area contributed by atoms with Crippen molar-refractivity contribution < 1.29 is 28.2 Å². The predicted molar refractivity (Wildman–Crippen MR) is 111 cm³/mol. The average molecular weight is 479 g/mol. The Morgan fingerprint density at radius 3 is 2.42 bits per heavy atom. The van der Waals surface area contributed by atoms with E-state index in [9.17, 15) is 23.1 Å². The van der Waals surface area contributed by atoms with Crippen LogP contribution < -0.4 is 10.2 Å². The summed E-state index contributed by atoms with van der Waals surface area (Å²) in [6.45, 7) is 0.936.